The summed E-state index contributed by atoms with van der Waals surface area (Å²) in [7, 11) is 0. The zero-order valence-corrected chi connectivity index (χ0v) is 13.9. The molecule has 0 aromatic rings. The van der Waals surface area contributed by atoms with Crippen LogP contribution in [0.1, 0.15) is 52.4 Å². The van der Waals surface area contributed by atoms with E-state index >= 15 is 0 Å². The van der Waals surface area contributed by atoms with E-state index in [4.69, 9.17) is 0 Å². The van der Waals surface area contributed by atoms with Crippen LogP contribution < -0.4 is 10.6 Å². The molecule has 2 N–H and O–H groups in total. The van der Waals surface area contributed by atoms with Gasteiger partial charge in [-0.2, -0.15) is 0 Å². The minimum atomic E-state index is 0.234. The monoisotopic (exact) mass is 295 g/mol. The lowest BCUT2D eigenvalue weighted by Gasteiger charge is -2.32. The maximum absolute atomic E-state index is 12.1. The molecule has 2 fully saturated rings. The van der Waals surface area contributed by atoms with Crippen LogP contribution in [0.15, 0.2) is 0 Å². The van der Waals surface area contributed by atoms with Crippen molar-refractivity contribution in [3.63, 3.8) is 0 Å². The molecule has 1 amide bonds. The molecule has 21 heavy (non-hydrogen) atoms. The summed E-state index contributed by atoms with van der Waals surface area (Å²) in [5.74, 6) is 1.65. The summed E-state index contributed by atoms with van der Waals surface area (Å²) in [6, 6.07) is 0.450. The fraction of sp³-hybridized carbons (Fsp3) is 0.941. The van der Waals surface area contributed by atoms with Crippen LogP contribution in [0.3, 0.4) is 0 Å². The van der Waals surface area contributed by atoms with E-state index in [0.717, 1.165) is 26.2 Å². The van der Waals surface area contributed by atoms with Crippen LogP contribution in [0.4, 0.5) is 0 Å². The maximum atomic E-state index is 12.1. The fourth-order valence-electron chi connectivity index (χ4n) is 3.58. The van der Waals surface area contributed by atoms with Crippen molar-refractivity contribution in [2.75, 3.05) is 32.7 Å². The molecule has 1 saturated heterocycles. The lowest BCUT2D eigenvalue weighted by atomic mass is 9.98. The van der Waals surface area contributed by atoms with Crippen molar-refractivity contribution in [1.29, 1.82) is 0 Å². The van der Waals surface area contributed by atoms with Crippen LogP contribution in [0.5, 0.6) is 0 Å². The number of nitrogens with zero attached hydrogens (tertiary/aromatic N) is 1. The van der Waals surface area contributed by atoms with Gasteiger partial charge in [-0.05, 0) is 57.2 Å². The zero-order valence-electron chi connectivity index (χ0n) is 13.9. The van der Waals surface area contributed by atoms with Gasteiger partial charge in [0, 0.05) is 12.6 Å². The number of hydrogen-bond donors (Lipinski definition) is 2. The van der Waals surface area contributed by atoms with Gasteiger partial charge in [-0.1, -0.05) is 26.7 Å². The summed E-state index contributed by atoms with van der Waals surface area (Å²) < 4.78 is 0. The van der Waals surface area contributed by atoms with E-state index in [0.29, 0.717) is 24.4 Å². The van der Waals surface area contributed by atoms with Crippen LogP contribution in [0.2, 0.25) is 0 Å². The first-order valence-corrected chi connectivity index (χ1v) is 8.86. The topological polar surface area (TPSA) is 44.4 Å². The highest BCUT2D eigenvalue weighted by Gasteiger charge is 2.23. The van der Waals surface area contributed by atoms with Gasteiger partial charge in [0.1, 0.15) is 0 Å². The van der Waals surface area contributed by atoms with Crippen LogP contribution in [-0.4, -0.2) is 49.6 Å². The summed E-state index contributed by atoms with van der Waals surface area (Å²) in [6.07, 6.45) is 7.42. The molecular weight excluding hydrogens is 262 g/mol. The lowest BCUT2D eigenvalue weighted by molar-refractivity contribution is -0.123. The first-order valence-electron chi connectivity index (χ1n) is 8.86. The highest BCUT2D eigenvalue weighted by Crippen LogP contribution is 2.18. The first-order chi connectivity index (χ1) is 10.1. The molecule has 1 saturated carbocycles. The molecule has 2 rings (SSSR count). The normalized spacial score (nSPS) is 24.6. The van der Waals surface area contributed by atoms with Crippen LogP contribution in [-0.2, 0) is 4.79 Å². The average molecular weight is 295 g/mol. The van der Waals surface area contributed by atoms with E-state index in [2.05, 4.69) is 29.4 Å². The van der Waals surface area contributed by atoms with Gasteiger partial charge >= 0.3 is 0 Å². The number of rotatable bonds is 7. The number of piperidine rings is 1. The van der Waals surface area contributed by atoms with Gasteiger partial charge in [-0.15, -0.1) is 0 Å². The fourth-order valence-corrected chi connectivity index (χ4v) is 3.58. The highest BCUT2D eigenvalue weighted by molar-refractivity contribution is 5.78. The summed E-state index contributed by atoms with van der Waals surface area (Å²) >= 11 is 0. The summed E-state index contributed by atoms with van der Waals surface area (Å²) in [4.78, 5) is 14.5. The smallest absolute Gasteiger partial charge is 0.234 e. The Hall–Kier alpha value is -0.610. The maximum Gasteiger partial charge on any atom is 0.234 e. The molecule has 0 aromatic heterocycles. The SMILES string of the molecule is CC(C)CNCC1CCCN(CC(=O)NC2CCCC2)C1. The van der Waals surface area contributed by atoms with Crippen molar-refractivity contribution in [2.24, 2.45) is 11.8 Å². The molecule has 1 atom stereocenters. The van der Waals surface area contributed by atoms with Gasteiger partial charge in [-0.25, -0.2) is 0 Å². The van der Waals surface area contributed by atoms with E-state index in [1.807, 2.05) is 0 Å². The Balaban J connectivity index is 1.64. The van der Waals surface area contributed by atoms with E-state index in [1.54, 1.807) is 0 Å². The van der Waals surface area contributed by atoms with Crippen molar-refractivity contribution in [1.82, 2.24) is 15.5 Å². The number of hydrogen-bond acceptors (Lipinski definition) is 3. The zero-order chi connectivity index (χ0) is 15.1. The molecule has 4 nitrogen and oxygen atoms in total. The third kappa shape index (κ3) is 6.35. The highest BCUT2D eigenvalue weighted by atomic mass is 16.2. The number of carbonyl (C=O) groups is 1. The van der Waals surface area contributed by atoms with Crippen LogP contribution >= 0.6 is 0 Å². The lowest BCUT2D eigenvalue weighted by Crippen LogP contribution is -2.46. The third-order valence-corrected chi connectivity index (χ3v) is 4.68. The molecule has 0 spiro atoms. The molecule has 0 radical (unpaired) electrons. The van der Waals surface area contributed by atoms with Crippen molar-refractivity contribution in [3.05, 3.63) is 0 Å². The predicted molar refractivity (Wildman–Crippen MR) is 87.3 cm³/mol. The summed E-state index contributed by atoms with van der Waals surface area (Å²) in [5, 5.41) is 6.76. The molecule has 1 aliphatic heterocycles. The van der Waals surface area contributed by atoms with Gasteiger partial charge in [0.25, 0.3) is 0 Å². The standard InChI is InChI=1S/C17H33N3O/c1-14(2)10-18-11-15-6-5-9-20(12-15)13-17(21)19-16-7-3-4-8-16/h14-16,18H,3-13H2,1-2H3,(H,19,21). The number of carbonyl (C=O) groups excluding carboxylic acids is 1. The number of likely N-dealkylation sites (tertiary alicyclic amines) is 1. The van der Waals surface area contributed by atoms with Crippen molar-refractivity contribution in [2.45, 2.75) is 58.4 Å². The Morgan fingerprint density at radius 2 is 1.95 bits per heavy atom. The second-order valence-corrected chi connectivity index (χ2v) is 7.34. The molecule has 4 heteroatoms. The Bertz CT molecular complexity index is 313. The van der Waals surface area contributed by atoms with E-state index in [1.165, 1.54) is 38.5 Å². The second kappa shape index (κ2) is 8.74. The summed E-state index contributed by atoms with van der Waals surface area (Å²) in [6.45, 7) is 9.43. The minimum absolute atomic E-state index is 0.234. The first kappa shape index (κ1) is 16.8. The van der Waals surface area contributed by atoms with Gasteiger partial charge < -0.3 is 10.6 Å². The number of nitrogens with one attached hydrogen (secondary N) is 2. The Kier molecular flexibility index (Phi) is 6.97. The van der Waals surface area contributed by atoms with Crippen LogP contribution in [0.25, 0.3) is 0 Å². The summed E-state index contributed by atoms with van der Waals surface area (Å²) in [5.41, 5.74) is 0. The minimum Gasteiger partial charge on any atom is -0.352 e. The molecule has 1 aliphatic carbocycles. The van der Waals surface area contributed by atoms with E-state index in [-0.39, 0.29) is 5.91 Å². The van der Waals surface area contributed by atoms with Gasteiger partial charge in [0.05, 0.1) is 6.54 Å². The Morgan fingerprint density at radius 1 is 1.19 bits per heavy atom. The molecule has 0 aromatic carbocycles. The van der Waals surface area contributed by atoms with Gasteiger partial charge in [0.2, 0.25) is 5.91 Å². The molecule has 2 aliphatic rings. The molecule has 1 heterocycles. The molecular formula is C17H33N3O. The van der Waals surface area contributed by atoms with E-state index in [9.17, 15) is 4.79 Å². The van der Waals surface area contributed by atoms with Crippen molar-refractivity contribution < 1.29 is 4.79 Å². The van der Waals surface area contributed by atoms with Crippen molar-refractivity contribution in [3.8, 4) is 0 Å². The van der Waals surface area contributed by atoms with Gasteiger partial charge in [0.15, 0.2) is 0 Å². The Morgan fingerprint density at radius 3 is 2.67 bits per heavy atom. The van der Waals surface area contributed by atoms with Crippen molar-refractivity contribution >= 4 is 5.91 Å². The number of amides is 1. The average Bonchev–Trinajstić information content (AvgIpc) is 2.91. The predicted octanol–water partition coefficient (Wildman–Crippen LogP) is 2.00. The molecule has 122 valence electrons. The van der Waals surface area contributed by atoms with E-state index < -0.39 is 0 Å². The molecule has 1 unspecified atom stereocenters. The Labute approximate surface area is 130 Å². The third-order valence-electron chi connectivity index (χ3n) is 4.68. The van der Waals surface area contributed by atoms with Crippen LogP contribution in [0, 0.1) is 11.8 Å². The van der Waals surface area contributed by atoms with Gasteiger partial charge in [-0.3, -0.25) is 9.69 Å². The molecule has 0 bridgehead atoms. The largest absolute Gasteiger partial charge is 0.352 e. The quantitative estimate of drug-likeness (QED) is 0.755. The second-order valence-electron chi connectivity index (χ2n) is 7.34.